The van der Waals surface area contributed by atoms with E-state index in [1.54, 1.807) is 19.2 Å². The number of benzene rings is 2. The van der Waals surface area contributed by atoms with Crippen molar-refractivity contribution in [1.82, 2.24) is 5.43 Å². The molecule has 2 rings (SSSR count). The minimum absolute atomic E-state index is 0.146. The number of nitrogens with one attached hydrogen (secondary N) is 1. The second kappa shape index (κ2) is 7.14. The van der Waals surface area contributed by atoms with Crippen molar-refractivity contribution in [3.05, 3.63) is 63.1 Å². The molecule has 0 amide bonds. The summed E-state index contributed by atoms with van der Waals surface area (Å²) in [5.41, 5.74) is 5.91. The van der Waals surface area contributed by atoms with Crippen LogP contribution < -0.4 is 16.0 Å². The first-order chi connectivity index (χ1) is 10.0. The summed E-state index contributed by atoms with van der Waals surface area (Å²) >= 11 is 12.3. The molecule has 0 saturated heterocycles. The topological polar surface area (TPSA) is 47.3 Å². The van der Waals surface area contributed by atoms with Crippen LogP contribution in [0.4, 0.5) is 0 Å². The Bertz CT molecular complexity index is 632. The number of halogens is 2. The maximum absolute atomic E-state index is 6.26. The standard InChI is InChI=1S/C16H18Cl2N2O/c1-10-3-6-16(21-2)11(7-10)8-15(20-19)13-9-12(17)4-5-14(13)18/h3-7,9,15,20H,8,19H2,1-2H3. The molecule has 1 unspecified atom stereocenters. The first-order valence-corrected chi connectivity index (χ1v) is 7.35. The summed E-state index contributed by atoms with van der Waals surface area (Å²) in [6.07, 6.45) is 0.654. The van der Waals surface area contributed by atoms with Gasteiger partial charge in [0.05, 0.1) is 13.2 Å². The maximum atomic E-state index is 6.26. The molecular weight excluding hydrogens is 307 g/mol. The van der Waals surface area contributed by atoms with Crippen molar-refractivity contribution in [2.24, 2.45) is 5.84 Å². The van der Waals surface area contributed by atoms with Crippen LogP contribution in [0.5, 0.6) is 5.75 Å². The van der Waals surface area contributed by atoms with Crippen LogP contribution in [0, 0.1) is 6.92 Å². The van der Waals surface area contributed by atoms with E-state index in [4.69, 9.17) is 33.8 Å². The van der Waals surface area contributed by atoms with Gasteiger partial charge in [-0.2, -0.15) is 0 Å². The van der Waals surface area contributed by atoms with E-state index in [-0.39, 0.29) is 6.04 Å². The van der Waals surface area contributed by atoms with E-state index >= 15 is 0 Å². The van der Waals surface area contributed by atoms with Crippen LogP contribution in [-0.4, -0.2) is 7.11 Å². The Morgan fingerprint density at radius 2 is 1.95 bits per heavy atom. The summed E-state index contributed by atoms with van der Waals surface area (Å²) in [5.74, 6) is 6.54. The predicted octanol–water partition coefficient (Wildman–Crippen LogP) is 4.06. The van der Waals surface area contributed by atoms with Crippen molar-refractivity contribution in [3.63, 3.8) is 0 Å². The Labute approximate surface area is 135 Å². The van der Waals surface area contributed by atoms with Gasteiger partial charge in [0, 0.05) is 10.0 Å². The smallest absolute Gasteiger partial charge is 0.122 e. The zero-order valence-electron chi connectivity index (χ0n) is 12.0. The number of hydrazine groups is 1. The van der Waals surface area contributed by atoms with Crippen LogP contribution in [0.15, 0.2) is 36.4 Å². The summed E-state index contributed by atoms with van der Waals surface area (Å²) in [4.78, 5) is 0. The van der Waals surface area contributed by atoms with E-state index in [2.05, 4.69) is 11.5 Å². The van der Waals surface area contributed by atoms with Gasteiger partial charge in [0.25, 0.3) is 0 Å². The molecule has 3 N–H and O–H groups in total. The lowest BCUT2D eigenvalue weighted by molar-refractivity contribution is 0.405. The van der Waals surface area contributed by atoms with Gasteiger partial charge in [0.1, 0.15) is 5.75 Å². The normalized spacial score (nSPS) is 12.2. The zero-order chi connectivity index (χ0) is 15.4. The van der Waals surface area contributed by atoms with Gasteiger partial charge in [-0.3, -0.25) is 11.3 Å². The van der Waals surface area contributed by atoms with Gasteiger partial charge < -0.3 is 4.74 Å². The Morgan fingerprint density at radius 1 is 1.19 bits per heavy atom. The fourth-order valence-electron chi connectivity index (χ4n) is 2.33. The van der Waals surface area contributed by atoms with Crippen molar-refractivity contribution in [3.8, 4) is 5.75 Å². The number of aryl methyl sites for hydroxylation is 1. The second-order valence-corrected chi connectivity index (χ2v) is 5.75. The Kier molecular flexibility index (Phi) is 5.48. The highest BCUT2D eigenvalue weighted by Crippen LogP contribution is 2.31. The van der Waals surface area contributed by atoms with Crippen LogP contribution in [0.3, 0.4) is 0 Å². The molecular formula is C16H18Cl2N2O. The molecule has 0 fully saturated rings. The highest BCUT2D eigenvalue weighted by atomic mass is 35.5. The monoisotopic (exact) mass is 324 g/mol. The number of ether oxygens (including phenoxy) is 1. The van der Waals surface area contributed by atoms with Crippen molar-refractivity contribution in [1.29, 1.82) is 0 Å². The van der Waals surface area contributed by atoms with Gasteiger partial charge in [-0.25, -0.2) is 0 Å². The van der Waals surface area contributed by atoms with E-state index in [0.717, 1.165) is 16.9 Å². The van der Waals surface area contributed by atoms with Gasteiger partial charge in [-0.05, 0) is 48.7 Å². The molecule has 0 saturated carbocycles. The van der Waals surface area contributed by atoms with Gasteiger partial charge in [-0.15, -0.1) is 0 Å². The number of hydrogen-bond acceptors (Lipinski definition) is 3. The van der Waals surface area contributed by atoms with Crippen molar-refractivity contribution < 1.29 is 4.74 Å². The lowest BCUT2D eigenvalue weighted by Crippen LogP contribution is -2.30. The lowest BCUT2D eigenvalue weighted by Gasteiger charge is -2.20. The average molecular weight is 325 g/mol. The molecule has 0 aliphatic heterocycles. The van der Waals surface area contributed by atoms with Crippen LogP contribution in [0.2, 0.25) is 10.0 Å². The first-order valence-electron chi connectivity index (χ1n) is 6.59. The Balaban J connectivity index is 2.35. The van der Waals surface area contributed by atoms with E-state index < -0.39 is 0 Å². The second-order valence-electron chi connectivity index (χ2n) is 4.90. The fourth-order valence-corrected chi connectivity index (χ4v) is 2.76. The Morgan fingerprint density at radius 3 is 2.62 bits per heavy atom. The van der Waals surface area contributed by atoms with Crippen LogP contribution in [-0.2, 0) is 6.42 Å². The van der Waals surface area contributed by atoms with Crippen molar-refractivity contribution >= 4 is 23.2 Å². The SMILES string of the molecule is COc1ccc(C)cc1CC(NN)c1cc(Cl)ccc1Cl. The molecule has 2 aromatic carbocycles. The number of methoxy groups -OCH3 is 1. The minimum Gasteiger partial charge on any atom is -0.496 e. The number of nitrogens with two attached hydrogens (primary N) is 1. The third-order valence-electron chi connectivity index (χ3n) is 3.39. The van der Waals surface area contributed by atoms with Gasteiger partial charge in [0.15, 0.2) is 0 Å². The maximum Gasteiger partial charge on any atom is 0.122 e. The van der Waals surface area contributed by atoms with Crippen LogP contribution in [0.1, 0.15) is 22.7 Å². The summed E-state index contributed by atoms with van der Waals surface area (Å²) < 4.78 is 5.41. The van der Waals surface area contributed by atoms with E-state index in [1.807, 2.05) is 25.1 Å². The molecule has 0 heterocycles. The van der Waals surface area contributed by atoms with Crippen LogP contribution >= 0.6 is 23.2 Å². The number of hydrogen-bond donors (Lipinski definition) is 2. The van der Waals surface area contributed by atoms with Gasteiger partial charge in [-0.1, -0.05) is 40.9 Å². The molecule has 1 atom stereocenters. The quantitative estimate of drug-likeness (QED) is 0.644. The number of rotatable bonds is 5. The molecule has 21 heavy (non-hydrogen) atoms. The molecule has 0 aliphatic carbocycles. The summed E-state index contributed by atoms with van der Waals surface area (Å²) in [5, 5.41) is 1.26. The first kappa shape index (κ1) is 16.1. The Hall–Kier alpha value is -1.26. The average Bonchev–Trinajstić information content (AvgIpc) is 2.47. The molecule has 0 bridgehead atoms. The lowest BCUT2D eigenvalue weighted by atomic mass is 9.97. The summed E-state index contributed by atoms with van der Waals surface area (Å²) in [7, 11) is 1.66. The van der Waals surface area contributed by atoms with Gasteiger partial charge in [0.2, 0.25) is 0 Å². The van der Waals surface area contributed by atoms with E-state index in [0.29, 0.717) is 16.5 Å². The molecule has 0 spiro atoms. The minimum atomic E-state index is -0.146. The fraction of sp³-hybridized carbons (Fsp3) is 0.250. The third-order valence-corrected chi connectivity index (χ3v) is 3.97. The van der Waals surface area contributed by atoms with E-state index in [9.17, 15) is 0 Å². The van der Waals surface area contributed by atoms with E-state index in [1.165, 1.54) is 5.56 Å². The molecule has 5 heteroatoms. The predicted molar refractivity (Wildman–Crippen MR) is 88.0 cm³/mol. The molecule has 2 aromatic rings. The highest BCUT2D eigenvalue weighted by Gasteiger charge is 2.17. The van der Waals surface area contributed by atoms with Gasteiger partial charge >= 0.3 is 0 Å². The largest absolute Gasteiger partial charge is 0.496 e. The molecule has 3 nitrogen and oxygen atoms in total. The van der Waals surface area contributed by atoms with Crippen molar-refractivity contribution in [2.75, 3.05) is 7.11 Å². The highest BCUT2D eigenvalue weighted by molar-refractivity contribution is 6.33. The molecule has 0 radical (unpaired) electrons. The molecule has 112 valence electrons. The molecule has 0 aliphatic rings. The third kappa shape index (κ3) is 3.89. The van der Waals surface area contributed by atoms with Crippen LogP contribution in [0.25, 0.3) is 0 Å². The summed E-state index contributed by atoms with van der Waals surface area (Å²) in [6.45, 7) is 2.04. The zero-order valence-corrected chi connectivity index (χ0v) is 13.5. The summed E-state index contributed by atoms with van der Waals surface area (Å²) in [6, 6.07) is 11.3. The van der Waals surface area contributed by atoms with Crippen molar-refractivity contribution in [2.45, 2.75) is 19.4 Å². The molecule has 0 aromatic heterocycles.